The first-order chi connectivity index (χ1) is 9.42. The van der Waals surface area contributed by atoms with Crippen LogP contribution in [0.3, 0.4) is 0 Å². The van der Waals surface area contributed by atoms with E-state index in [0.29, 0.717) is 5.56 Å². The van der Waals surface area contributed by atoms with Crippen molar-refractivity contribution in [2.24, 2.45) is 0 Å². The summed E-state index contributed by atoms with van der Waals surface area (Å²) in [4.78, 5) is 13.2. The largest absolute Gasteiger partial charge is 0.444 e. The van der Waals surface area contributed by atoms with E-state index in [1.54, 1.807) is 33.8 Å². The molecule has 1 amide bonds. The van der Waals surface area contributed by atoms with Gasteiger partial charge in [-0.3, -0.25) is 0 Å². The highest BCUT2D eigenvalue weighted by Gasteiger charge is 2.31. The second-order valence-corrected chi connectivity index (χ2v) is 5.89. The normalized spacial score (nSPS) is 13.7. The van der Waals surface area contributed by atoms with Crippen molar-refractivity contribution in [1.29, 1.82) is 0 Å². The molecule has 0 aliphatic carbocycles. The quantitative estimate of drug-likeness (QED) is 0.797. The second-order valence-electron chi connectivity index (χ2n) is 5.89. The molecule has 21 heavy (non-hydrogen) atoms. The van der Waals surface area contributed by atoms with Crippen LogP contribution in [0.1, 0.15) is 44.9 Å². The molecule has 0 spiro atoms. The molecule has 1 atom stereocenters. The van der Waals surface area contributed by atoms with Gasteiger partial charge >= 0.3 is 12.3 Å². The fourth-order valence-corrected chi connectivity index (χ4v) is 1.69. The van der Waals surface area contributed by atoms with Crippen LogP contribution in [-0.2, 0) is 10.9 Å². The molecule has 3 nitrogen and oxygen atoms in total. The molecule has 0 bridgehead atoms. The zero-order chi connectivity index (χ0) is 16.4. The highest BCUT2D eigenvalue weighted by atomic mass is 19.4. The number of alkyl halides is 3. The van der Waals surface area contributed by atoms with Crippen molar-refractivity contribution in [1.82, 2.24) is 4.90 Å². The van der Waals surface area contributed by atoms with E-state index in [4.69, 9.17) is 4.74 Å². The first kappa shape index (κ1) is 17.3. The molecule has 0 aromatic heterocycles. The van der Waals surface area contributed by atoms with Gasteiger partial charge in [0.1, 0.15) is 5.60 Å². The van der Waals surface area contributed by atoms with Gasteiger partial charge < -0.3 is 9.64 Å². The van der Waals surface area contributed by atoms with Crippen LogP contribution in [0.2, 0.25) is 0 Å². The van der Waals surface area contributed by atoms with E-state index < -0.39 is 29.5 Å². The van der Waals surface area contributed by atoms with E-state index in [-0.39, 0.29) is 0 Å². The first-order valence-electron chi connectivity index (χ1n) is 6.55. The van der Waals surface area contributed by atoms with Gasteiger partial charge in [-0.2, -0.15) is 13.2 Å². The van der Waals surface area contributed by atoms with Gasteiger partial charge in [-0.25, -0.2) is 4.79 Å². The molecule has 0 heterocycles. The number of amides is 1. The van der Waals surface area contributed by atoms with Crippen LogP contribution >= 0.6 is 0 Å². The monoisotopic (exact) mass is 303 g/mol. The van der Waals surface area contributed by atoms with Crippen molar-refractivity contribution in [3.63, 3.8) is 0 Å². The number of carbonyl (C=O) groups excluding carboxylic acids is 1. The third-order valence-electron chi connectivity index (χ3n) is 2.96. The number of hydrogen-bond donors (Lipinski definition) is 0. The lowest BCUT2D eigenvalue weighted by Gasteiger charge is -2.29. The lowest BCUT2D eigenvalue weighted by molar-refractivity contribution is -0.137. The number of carbonyl (C=O) groups is 1. The minimum atomic E-state index is -4.40. The van der Waals surface area contributed by atoms with E-state index in [2.05, 4.69) is 0 Å². The van der Waals surface area contributed by atoms with Gasteiger partial charge in [0.15, 0.2) is 0 Å². The summed E-state index contributed by atoms with van der Waals surface area (Å²) in [6, 6.07) is 4.41. The van der Waals surface area contributed by atoms with Gasteiger partial charge in [0.25, 0.3) is 0 Å². The summed E-state index contributed by atoms with van der Waals surface area (Å²) < 4.78 is 43.3. The Bertz CT molecular complexity index is 506. The maximum atomic E-state index is 12.7. The van der Waals surface area contributed by atoms with E-state index >= 15 is 0 Å². The maximum Gasteiger partial charge on any atom is 0.416 e. The average molecular weight is 303 g/mol. The number of hydrogen-bond acceptors (Lipinski definition) is 2. The summed E-state index contributed by atoms with van der Waals surface area (Å²) in [5.74, 6) is 0. The number of halogens is 3. The molecule has 1 aromatic rings. The van der Waals surface area contributed by atoms with Crippen molar-refractivity contribution < 1.29 is 22.7 Å². The summed E-state index contributed by atoms with van der Waals surface area (Å²) in [6.45, 7) is 6.84. The van der Waals surface area contributed by atoms with Crippen LogP contribution < -0.4 is 0 Å². The van der Waals surface area contributed by atoms with E-state index in [9.17, 15) is 18.0 Å². The Labute approximate surface area is 122 Å². The molecule has 0 aliphatic rings. The molecule has 1 aromatic carbocycles. The van der Waals surface area contributed by atoms with E-state index in [1.807, 2.05) is 0 Å². The van der Waals surface area contributed by atoms with Crippen LogP contribution in [-0.4, -0.2) is 23.6 Å². The van der Waals surface area contributed by atoms with Crippen LogP contribution in [0.15, 0.2) is 24.3 Å². The standard InChI is InChI=1S/C15H20F3NO2/c1-10(19(5)13(20)21-14(2,3)4)11-7-6-8-12(9-11)15(16,17)18/h6-10H,1-5H3/t10-/m1/s1. The van der Waals surface area contributed by atoms with Gasteiger partial charge in [0, 0.05) is 7.05 Å². The minimum Gasteiger partial charge on any atom is -0.444 e. The van der Waals surface area contributed by atoms with Crippen LogP contribution in [0.25, 0.3) is 0 Å². The number of rotatable bonds is 2. The SMILES string of the molecule is C[C@H](c1cccc(C(F)(F)F)c1)N(C)C(=O)OC(C)(C)C. The predicted molar refractivity (Wildman–Crippen MR) is 73.9 cm³/mol. The van der Waals surface area contributed by atoms with Crippen molar-refractivity contribution in [2.75, 3.05) is 7.05 Å². The summed E-state index contributed by atoms with van der Waals surface area (Å²) in [6.07, 6.45) is -4.98. The molecule has 0 N–H and O–H groups in total. The van der Waals surface area contributed by atoms with Gasteiger partial charge in [-0.1, -0.05) is 12.1 Å². The molecule has 0 radical (unpaired) electrons. The molecule has 0 saturated heterocycles. The Morgan fingerprint density at radius 2 is 1.81 bits per heavy atom. The molecule has 0 aliphatic heterocycles. The maximum absolute atomic E-state index is 12.7. The van der Waals surface area contributed by atoms with Crippen LogP contribution in [0.5, 0.6) is 0 Å². The molecule has 118 valence electrons. The van der Waals surface area contributed by atoms with Gasteiger partial charge in [-0.15, -0.1) is 0 Å². The summed E-state index contributed by atoms with van der Waals surface area (Å²) in [7, 11) is 1.50. The number of benzene rings is 1. The molecular formula is C15H20F3NO2. The molecule has 0 unspecified atom stereocenters. The lowest BCUT2D eigenvalue weighted by Crippen LogP contribution is -2.35. The Kier molecular flexibility index (Phi) is 4.91. The van der Waals surface area contributed by atoms with Crippen molar-refractivity contribution in [3.8, 4) is 0 Å². The number of nitrogens with zero attached hydrogens (tertiary/aromatic N) is 1. The fourth-order valence-electron chi connectivity index (χ4n) is 1.69. The van der Waals surface area contributed by atoms with E-state index in [1.165, 1.54) is 18.0 Å². The van der Waals surface area contributed by atoms with Crippen LogP contribution in [0, 0.1) is 0 Å². The third kappa shape index (κ3) is 4.95. The summed E-state index contributed by atoms with van der Waals surface area (Å²) in [5.41, 5.74) is -0.985. The lowest BCUT2D eigenvalue weighted by atomic mass is 10.0. The van der Waals surface area contributed by atoms with Gasteiger partial charge in [0.05, 0.1) is 11.6 Å². The zero-order valence-corrected chi connectivity index (χ0v) is 12.8. The van der Waals surface area contributed by atoms with Gasteiger partial charge in [0.2, 0.25) is 0 Å². The molecule has 0 fully saturated rings. The average Bonchev–Trinajstić information content (AvgIpc) is 2.34. The molecule has 0 saturated carbocycles. The highest BCUT2D eigenvalue weighted by Crippen LogP contribution is 2.31. The Morgan fingerprint density at radius 1 is 1.24 bits per heavy atom. The van der Waals surface area contributed by atoms with Gasteiger partial charge in [-0.05, 0) is 45.4 Å². The summed E-state index contributed by atoms with van der Waals surface area (Å²) in [5, 5.41) is 0. The first-order valence-corrected chi connectivity index (χ1v) is 6.55. The Hall–Kier alpha value is -1.72. The van der Waals surface area contributed by atoms with E-state index in [0.717, 1.165) is 12.1 Å². The predicted octanol–water partition coefficient (Wildman–Crippen LogP) is 4.63. The third-order valence-corrected chi connectivity index (χ3v) is 2.96. The minimum absolute atomic E-state index is 0.401. The number of ether oxygens (including phenoxy) is 1. The van der Waals surface area contributed by atoms with Crippen molar-refractivity contribution in [3.05, 3.63) is 35.4 Å². The van der Waals surface area contributed by atoms with Crippen molar-refractivity contribution >= 4 is 6.09 Å². The summed E-state index contributed by atoms with van der Waals surface area (Å²) >= 11 is 0. The van der Waals surface area contributed by atoms with Crippen LogP contribution in [0.4, 0.5) is 18.0 Å². The smallest absolute Gasteiger partial charge is 0.416 e. The fraction of sp³-hybridized carbons (Fsp3) is 0.533. The highest BCUT2D eigenvalue weighted by molar-refractivity contribution is 5.68. The van der Waals surface area contributed by atoms with Crippen molar-refractivity contribution in [2.45, 2.75) is 45.5 Å². The Balaban J connectivity index is 2.93. The molecular weight excluding hydrogens is 283 g/mol. The Morgan fingerprint density at radius 3 is 2.29 bits per heavy atom. The molecule has 1 rings (SSSR count). The topological polar surface area (TPSA) is 29.5 Å². The zero-order valence-electron chi connectivity index (χ0n) is 12.8. The second kappa shape index (κ2) is 5.95. The molecule has 6 heteroatoms.